The van der Waals surface area contributed by atoms with Crippen molar-refractivity contribution >= 4 is 35.6 Å². The van der Waals surface area contributed by atoms with Gasteiger partial charge in [-0.05, 0) is 58.4 Å². The second-order valence-electron chi connectivity index (χ2n) is 8.23. The Bertz CT molecular complexity index is 650. The Hall–Kier alpha value is -1.23. The monoisotopic (exact) mass is 527 g/mol. The van der Waals surface area contributed by atoms with Gasteiger partial charge in [-0.2, -0.15) is 13.2 Å². The first-order valence-electron chi connectivity index (χ1n) is 9.77. The molecule has 0 amide bonds. The number of aliphatic imine (C=N–C) groups is 1. The van der Waals surface area contributed by atoms with Gasteiger partial charge in [0.25, 0.3) is 0 Å². The van der Waals surface area contributed by atoms with E-state index in [0.29, 0.717) is 18.2 Å². The van der Waals surface area contributed by atoms with E-state index in [1.807, 2.05) is 25.7 Å². The minimum Gasteiger partial charge on any atom is -0.370 e. The maximum Gasteiger partial charge on any atom is 0.416 e. The molecule has 0 atom stereocenters. The molecule has 1 aliphatic rings. The second-order valence-corrected chi connectivity index (χ2v) is 8.23. The normalized spacial score (nSPS) is 16.5. The summed E-state index contributed by atoms with van der Waals surface area (Å²) in [6.07, 6.45) is -2.32. The molecular weight excluding hydrogens is 494 g/mol. The Kier molecular flexibility index (Phi) is 10.0. The maximum absolute atomic E-state index is 12.9. The Morgan fingerprint density at radius 3 is 2.34 bits per heavy atom. The summed E-state index contributed by atoms with van der Waals surface area (Å²) in [6.45, 7) is 11.0. The molecule has 1 fully saturated rings. The van der Waals surface area contributed by atoms with Crippen molar-refractivity contribution in [1.82, 2.24) is 10.2 Å². The molecule has 1 heterocycles. The van der Waals surface area contributed by atoms with Crippen molar-refractivity contribution in [3.8, 4) is 0 Å². The first kappa shape index (κ1) is 25.8. The van der Waals surface area contributed by atoms with Crippen molar-refractivity contribution in [3.63, 3.8) is 0 Å². The van der Waals surface area contributed by atoms with Crippen LogP contribution in [0.2, 0.25) is 0 Å². The Balaban J connectivity index is 0.00000420. The number of nitrogens with zero attached hydrogens (tertiary/aromatic N) is 3. The lowest BCUT2D eigenvalue weighted by molar-refractivity contribution is -0.137. The number of nitrogens with one attached hydrogen (secondary N) is 1. The average molecular weight is 527 g/mol. The number of anilines is 1. The number of guanidine groups is 1. The van der Waals surface area contributed by atoms with Gasteiger partial charge in [-0.3, -0.25) is 9.89 Å². The fraction of sp³-hybridized carbons (Fsp3) is 0.650. The summed E-state index contributed by atoms with van der Waals surface area (Å²) in [5.41, 5.74) is 5.81. The Morgan fingerprint density at radius 1 is 1.10 bits per heavy atom. The van der Waals surface area contributed by atoms with Crippen molar-refractivity contribution in [2.24, 2.45) is 10.7 Å². The zero-order chi connectivity index (χ0) is 20.8. The molecule has 2 rings (SSSR count). The van der Waals surface area contributed by atoms with Crippen LogP contribution in [-0.4, -0.2) is 55.7 Å². The van der Waals surface area contributed by atoms with Gasteiger partial charge in [0.1, 0.15) is 0 Å². The van der Waals surface area contributed by atoms with Crippen LogP contribution in [0, 0.1) is 0 Å². The van der Waals surface area contributed by atoms with Crippen molar-refractivity contribution in [2.45, 2.75) is 45.3 Å². The number of unbranched alkanes of at least 4 members (excludes halogenated alkanes) is 1. The molecule has 0 unspecified atom stereocenters. The zero-order valence-corrected chi connectivity index (χ0v) is 19.8. The third kappa shape index (κ3) is 9.41. The molecular formula is C20H33F3IN5. The third-order valence-corrected chi connectivity index (χ3v) is 4.58. The molecule has 1 aromatic rings. The summed E-state index contributed by atoms with van der Waals surface area (Å²) in [7, 11) is 0. The molecule has 3 N–H and O–H groups in total. The number of hydrogen-bond acceptors (Lipinski definition) is 3. The first-order chi connectivity index (χ1) is 13.0. The van der Waals surface area contributed by atoms with Crippen LogP contribution in [-0.2, 0) is 6.18 Å². The van der Waals surface area contributed by atoms with Crippen LogP contribution < -0.4 is 16.0 Å². The average Bonchev–Trinajstić information content (AvgIpc) is 2.60. The van der Waals surface area contributed by atoms with Gasteiger partial charge in [0, 0.05) is 44.0 Å². The molecule has 9 heteroatoms. The number of alkyl halides is 3. The lowest BCUT2D eigenvalue weighted by atomic mass is 10.1. The lowest BCUT2D eigenvalue weighted by Crippen LogP contribution is -2.46. The first-order valence-corrected chi connectivity index (χ1v) is 9.77. The molecule has 0 spiro atoms. The molecule has 0 saturated carbocycles. The molecule has 1 aromatic carbocycles. The highest BCUT2D eigenvalue weighted by molar-refractivity contribution is 14.0. The van der Waals surface area contributed by atoms with Crippen molar-refractivity contribution in [2.75, 3.05) is 44.2 Å². The number of hydrogen-bond donors (Lipinski definition) is 2. The quantitative estimate of drug-likeness (QED) is 0.255. The summed E-state index contributed by atoms with van der Waals surface area (Å²) in [6, 6.07) is 5.58. The predicted molar refractivity (Wildman–Crippen MR) is 124 cm³/mol. The van der Waals surface area contributed by atoms with E-state index in [-0.39, 0.29) is 29.5 Å². The smallest absolute Gasteiger partial charge is 0.370 e. The number of nitrogens with two attached hydrogens (primary N) is 1. The summed E-state index contributed by atoms with van der Waals surface area (Å²) in [4.78, 5) is 8.71. The van der Waals surface area contributed by atoms with Crippen molar-refractivity contribution in [3.05, 3.63) is 29.8 Å². The van der Waals surface area contributed by atoms with Crippen molar-refractivity contribution in [1.29, 1.82) is 0 Å². The summed E-state index contributed by atoms with van der Waals surface area (Å²) in [5.74, 6) is 0.474. The topological polar surface area (TPSA) is 56.9 Å². The second kappa shape index (κ2) is 11.2. The van der Waals surface area contributed by atoms with Crippen LogP contribution in [0.15, 0.2) is 29.3 Å². The summed E-state index contributed by atoms with van der Waals surface area (Å²) in [5, 5.41) is 3.13. The van der Waals surface area contributed by atoms with E-state index in [4.69, 9.17) is 5.73 Å². The Morgan fingerprint density at radius 2 is 1.76 bits per heavy atom. The number of piperazine rings is 1. The van der Waals surface area contributed by atoms with E-state index in [2.05, 4.69) is 15.2 Å². The minimum absolute atomic E-state index is 0. The molecule has 0 aromatic heterocycles. The molecule has 0 bridgehead atoms. The molecule has 0 radical (unpaired) electrons. The molecule has 1 saturated heterocycles. The van der Waals surface area contributed by atoms with Gasteiger partial charge < -0.3 is 16.0 Å². The fourth-order valence-electron chi connectivity index (χ4n) is 3.18. The number of halogens is 4. The summed E-state index contributed by atoms with van der Waals surface area (Å²) < 4.78 is 38.6. The van der Waals surface area contributed by atoms with E-state index in [9.17, 15) is 13.2 Å². The van der Waals surface area contributed by atoms with E-state index in [1.54, 1.807) is 6.07 Å². The van der Waals surface area contributed by atoms with Crippen LogP contribution in [0.25, 0.3) is 0 Å². The number of rotatable bonds is 6. The van der Waals surface area contributed by atoms with E-state index >= 15 is 0 Å². The molecule has 1 aliphatic heterocycles. The highest BCUT2D eigenvalue weighted by Gasteiger charge is 2.31. The van der Waals surface area contributed by atoms with Crippen LogP contribution in [0.3, 0.4) is 0 Å². The lowest BCUT2D eigenvalue weighted by Gasteiger charge is -2.36. The van der Waals surface area contributed by atoms with Gasteiger partial charge in [0.2, 0.25) is 0 Å². The number of benzene rings is 1. The molecule has 0 aliphatic carbocycles. The van der Waals surface area contributed by atoms with E-state index < -0.39 is 11.7 Å². The van der Waals surface area contributed by atoms with Gasteiger partial charge in [0.05, 0.1) is 5.56 Å². The molecule has 166 valence electrons. The molecule has 29 heavy (non-hydrogen) atoms. The van der Waals surface area contributed by atoms with Gasteiger partial charge in [-0.15, -0.1) is 24.0 Å². The SMILES string of the molecule is CC(C)(C)NC(N)=NCCCCN1CCN(c2cccc(C(F)(F)F)c2)CC1.I. The highest BCUT2D eigenvalue weighted by Crippen LogP contribution is 2.31. The van der Waals surface area contributed by atoms with E-state index in [0.717, 1.165) is 51.6 Å². The van der Waals surface area contributed by atoms with Crippen molar-refractivity contribution < 1.29 is 13.2 Å². The maximum atomic E-state index is 12.9. The van der Waals surface area contributed by atoms with Crippen LogP contribution >= 0.6 is 24.0 Å². The standard InChI is InChI=1S/C20H32F3N5.HI/c1-19(2,3)26-18(24)25-9-4-5-10-27-11-13-28(14-12-27)17-8-6-7-16(15-17)20(21,22)23;/h6-8,15H,4-5,9-14H2,1-3H3,(H3,24,25,26);1H. The Labute approximate surface area is 188 Å². The zero-order valence-electron chi connectivity index (χ0n) is 17.4. The van der Waals surface area contributed by atoms with Crippen LogP contribution in [0.1, 0.15) is 39.2 Å². The van der Waals surface area contributed by atoms with Gasteiger partial charge in [-0.25, -0.2) is 0 Å². The molecule has 5 nitrogen and oxygen atoms in total. The third-order valence-electron chi connectivity index (χ3n) is 4.58. The van der Waals surface area contributed by atoms with Crippen LogP contribution in [0.5, 0.6) is 0 Å². The largest absolute Gasteiger partial charge is 0.416 e. The van der Waals surface area contributed by atoms with Gasteiger partial charge in [-0.1, -0.05) is 6.07 Å². The van der Waals surface area contributed by atoms with Gasteiger partial charge >= 0.3 is 6.18 Å². The van der Waals surface area contributed by atoms with Gasteiger partial charge in [0.15, 0.2) is 5.96 Å². The predicted octanol–water partition coefficient (Wildman–Crippen LogP) is 3.93. The van der Waals surface area contributed by atoms with Crippen LogP contribution in [0.4, 0.5) is 18.9 Å². The highest BCUT2D eigenvalue weighted by atomic mass is 127. The minimum atomic E-state index is -4.30. The fourth-order valence-corrected chi connectivity index (χ4v) is 3.18. The summed E-state index contributed by atoms with van der Waals surface area (Å²) >= 11 is 0. The van der Waals surface area contributed by atoms with E-state index in [1.165, 1.54) is 12.1 Å².